The number of hydrogen-bond acceptors (Lipinski definition) is 8. The SMILES string of the molecule is CSCCC(N)C(=O)NC(CO)C(=O)NC(CC(C)C)C(=O)NC(CCC(=O)O)C(=O)O. The van der Waals surface area contributed by atoms with Crippen molar-refractivity contribution in [2.24, 2.45) is 11.7 Å². The third-order valence-electron chi connectivity index (χ3n) is 4.39. The highest BCUT2D eigenvalue weighted by Crippen LogP contribution is 2.08. The van der Waals surface area contributed by atoms with Gasteiger partial charge in [0.2, 0.25) is 17.7 Å². The number of aliphatic hydroxyl groups excluding tert-OH is 1. The molecule has 0 aromatic heterocycles. The monoisotopic (exact) mass is 478 g/mol. The van der Waals surface area contributed by atoms with Gasteiger partial charge in [-0.15, -0.1) is 0 Å². The van der Waals surface area contributed by atoms with E-state index in [4.69, 9.17) is 10.8 Å². The van der Waals surface area contributed by atoms with Gasteiger partial charge in [0.1, 0.15) is 18.1 Å². The van der Waals surface area contributed by atoms with Crippen LogP contribution in [0.25, 0.3) is 0 Å². The Morgan fingerprint density at radius 1 is 0.875 bits per heavy atom. The zero-order valence-corrected chi connectivity index (χ0v) is 19.3. The Labute approximate surface area is 191 Å². The number of carbonyl (C=O) groups excluding carboxylic acids is 3. The summed E-state index contributed by atoms with van der Waals surface area (Å²) in [5.41, 5.74) is 5.75. The summed E-state index contributed by atoms with van der Waals surface area (Å²) in [5, 5.41) is 34.5. The highest BCUT2D eigenvalue weighted by atomic mass is 32.2. The highest BCUT2D eigenvalue weighted by molar-refractivity contribution is 7.98. The Morgan fingerprint density at radius 3 is 1.88 bits per heavy atom. The van der Waals surface area contributed by atoms with E-state index in [1.807, 2.05) is 6.26 Å². The lowest BCUT2D eigenvalue weighted by Gasteiger charge is -2.25. The van der Waals surface area contributed by atoms with Crippen molar-refractivity contribution < 1.29 is 39.3 Å². The van der Waals surface area contributed by atoms with Crippen LogP contribution in [0, 0.1) is 5.92 Å². The number of aliphatic hydroxyl groups is 1. The molecule has 3 amide bonds. The lowest BCUT2D eigenvalue weighted by Crippen LogP contribution is -2.58. The molecule has 0 aliphatic carbocycles. The fourth-order valence-electron chi connectivity index (χ4n) is 2.62. The van der Waals surface area contributed by atoms with Crippen LogP contribution in [-0.4, -0.2) is 87.8 Å². The summed E-state index contributed by atoms with van der Waals surface area (Å²) in [6.45, 7) is 2.82. The topological polar surface area (TPSA) is 208 Å². The minimum atomic E-state index is -1.45. The van der Waals surface area contributed by atoms with Gasteiger partial charge >= 0.3 is 11.9 Å². The Kier molecular flexibility index (Phi) is 14.3. The number of amides is 3. The molecule has 0 saturated carbocycles. The standard InChI is InChI=1S/C19H34N4O8S/c1-10(2)8-13(17(28)21-12(19(30)31)4-5-15(25)26)22-18(29)14(9-24)23-16(27)11(20)6-7-32-3/h10-14,24H,4-9,20H2,1-3H3,(H,21,28)(H,22,29)(H,23,27)(H,25,26)(H,30,31). The first-order valence-corrected chi connectivity index (χ1v) is 11.5. The van der Waals surface area contributed by atoms with Crippen LogP contribution < -0.4 is 21.7 Å². The molecule has 0 radical (unpaired) electrons. The van der Waals surface area contributed by atoms with Crippen molar-refractivity contribution in [1.82, 2.24) is 16.0 Å². The van der Waals surface area contributed by atoms with Crippen molar-refractivity contribution in [3.63, 3.8) is 0 Å². The van der Waals surface area contributed by atoms with E-state index >= 15 is 0 Å². The van der Waals surface area contributed by atoms with E-state index in [1.165, 1.54) is 11.8 Å². The van der Waals surface area contributed by atoms with E-state index in [2.05, 4.69) is 16.0 Å². The Hall–Kier alpha value is -2.38. The molecule has 4 unspecified atom stereocenters. The zero-order chi connectivity index (χ0) is 24.8. The molecule has 0 fully saturated rings. The lowest BCUT2D eigenvalue weighted by molar-refractivity contribution is -0.143. The summed E-state index contributed by atoms with van der Waals surface area (Å²) >= 11 is 1.50. The molecule has 0 aromatic carbocycles. The largest absolute Gasteiger partial charge is 0.481 e. The summed E-state index contributed by atoms with van der Waals surface area (Å²) < 4.78 is 0. The minimum Gasteiger partial charge on any atom is -0.481 e. The first-order valence-electron chi connectivity index (χ1n) is 10.1. The molecule has 0 aromatic rings. The molecular weight excluding hydrogens is 444 g/mol. The molecule has 4 atom stereocenters. The van der Waals surface area contributed by atoms with Gasteiger partial charge < -0.3 is 37.0 Å². The molecule has 0 aliphatic rings. The van der Waals surface area contributed by atoms with Crippen LogP contribution >= 0.6 is 11.8 Å². The summed E-state index contributed by atoms with van der Waals surface area (Å²) in [5.74, 6) is -4.34. The average Bonchev–Trinajstić information content (AvgIpc) is 2.71. The van der Waals surface area contributed by atoms with Gasteiger partial charge in [-0.3, -0.25) is 19.2 Å². The van der Waals surface area contributed by atoms with Crippen molar-refractivity contribution >= 4 is 41.4 Å². The summed E-state index contributed by atoms with van der Waals surface area (Å²) in [6.07, 6.45) is 1.57. The van der Waals surface area contributed by atoms with Crippen molar-refractivity contribution in [2.45, 2.75) is 63.7 Å². The third kappa shape index (κ3) is 11.9. The maximum Gasteiger partial charge on any atom is 0.326 e. The number of carboxylic acids is 2. The summed E-state index contributed by atoms with van der Waals surface area (Å²) in [6, 6.07) is -4.84. The predicted octanol–water partition coefficient (Wildman–Crippen LogP) is -1.49. The van der Waals surface area contributed by atoms with Gasteiger partial charge in [0.15, 0.2) is 0 Å². The normalized spacial score (nSPS) is 14.7. The Bertz CT molecular complexity index is 661. The molecular formula is C19H34N4O8S. The lowest BCUT2D eigenvalue weighted by atomic mass is 10.0. The second-order valence-electron chi connectivity index (χ2n) is 7.65. The van der Waals surface area contributed by atoms with Gasteiger partial charge in [0, 0.05) is 6.42 Å². The second-order valence-corrected chi connectivity index (χ2v) is 8.64. The van der Waals surface area contributed by atoms with Gasteiger partial charge in [-0.2, -0.15) is 11.8 Å². The van der Waals surface area contributed by atoms with Crippen molar-refractivity contribution in [3.8, 4) is 0 Å². The molecule has 0 heterocycles. The minimum absolute atomic E-state index is 0.0736. The number of rotatable bonds is 16. The van der Waals surface area contributed by atoms with E-state index in [1.54, 1.807) is 13.8 Å². The Morgan fingerprint density at radius 2 is 1.41 bits per heavy atom. The van der Waals surface area contributed by atoms with Crippen LogP contribution in [0.2, 0.25) is 0 Å². The smallest absolute Gasteiger partial charge is 0.326 e. The maximum absolute atomic E-state index is 12.6. The first-order chi connectivity index (χ1) is 14.9. The molecule has 184 valence electrons. The fraction of sp³-hybridized carbons (Fsp3) is 0.737. The number of thioether (sulfide) groups is 1. The van der Waals surface area contributed by atoms with E-state index in [9.17, 15) is 34.2 Å². The number of nitrogens with one attached hydrogen (secondary N) is 3. The van der Waals surface area contributed by atoms with Gasteiger partial charge in [-0.1, -0.05) is 13.8 Å². The van der Waals surface area contributed by atoms with E-state index < -0.39 is 66.9 Å². The van der Waals surface area contributed by atoms with Gasteiger partial charge in [0.25, 0.3) is 0 Å². The van der Waals surface area contributed by atoms with Crippen LogP contribution in [0.3, 0.4) is 0 Å². The highest BCUT2D eigenvalue weighted by Gasteiger charge is 2.30. The first kappa shape index (κ1) is 29.6. The van der Waals surface area contributed by atoms with Crippen LogP contribution in [0.15, 0.2) is 0 Å². The van der Waals surface area contributed by atoms with Crippen LogP contribution in [0.1, 0.15) is 39.5 Å². The molecule has 13 heteroatoms. The van der Waals surface area contributed by atoms with Gasteiger partial charge in [0.05, 0.1) is 12.6 Å². The Balaban J connectivity index is 5.22. The maximum atomic E-state index is 12.6. The molecule has 12 nitrogen and oxygen atoms in total. The van der Waals surface area contributed by atoms with E-state index in [0.717, 1.165) is 0 Å². The summed E-state index contributed by atoms with van der Waals surface area (Å²) in [4.78, 5) is 59.4. The van der Waals surface area contributed by atoms with Crippen LogP contribution in [0.5, 0.6) is 0 Å². The molecule has 0 saturated heterocycles. The van der Waals surface area contributed by atoms with Crippen molar-refractivity contribution in [1.29, 1.82) is 0 Å². The number of hydrogen-bond donors (Lipinski definition) is 7. The zero-order valence-electron chi connectivity index (χ0n) is 18.5. The van der Waals surface area contributed by atoms with Crippen molar-refractivity contribution in [2.75, 3.05) is 18.6 Å². The van der Waals surface area contributed by atoms with Crippen LogP contribution in [-0.2, 0) is 24.0 Å². The molecule has 0 spiro atoms. The number of carboxylic acid groups (broad SMARTS) is 2. The molecule has 8 N–H and O–H groups in total. The van der Waals surface area contributed by atoms with Gasteiger partial charge in [-0.25, -0.2) is 4.79 Å². The fourth-order valence-corrected chi connectivity index (χ4v) is 3.11. The van der Waals surface area contributed by atoms with E-state index in [-0.39, 0.29) is 18.8 Å². The molecule has 0 rings (SSSR count). The van der Waals surface area contributed by atoms with Crippen LogP contribution in [0.4, 0.5) is 0 Å². The molecule has 32 heavy (non-hydrogen) atoms. The number of aliphatic carboxylic acids is 2. The number of nitrogens with two attached hydrogens (primary N) is 1. The predicted molar refractivity (Wildman–Crippen MR) is 118 cm³/mol. The third-order valence-corrected chi connectivity index (χ3v) is 5.03. The van der Waals surface area contributed by atoms with E-state index in [0.29, 0.717) is 12.2 Å². The quantitative estimate of drug-likeness (QED) is 0.137. The summed E-state index contributed by atoms with van der Waals surface area (Å²) in [7, 11) is 0. The van der Waals surface area contributed by atoms with Crippen molar-refractivity contribution in [3.05, 3.63) is 0 Å². The molecule has 0 aliphatic heterocycles. The number of carbonyl (C=O) groups is 5. The second kappa shape index (κ2) is 15.4. The van der Waals surface area contributed by atoms with Gasteiger partial charge in [-0.05, 0) is 37.2 Å². The molecule has 0 bridgehead atoms. The average molecular weight is 479 g/mol.